The third kappa shape index (κ3) is 3.56. The van der Waals surface area contributed by atoms with Gasteiger partial charge in [-0.1, -0.05) is 34.8 Å². The normalized spacial score (nSPS) is 11.2. The minimum Gasteiger partial charge on any atom is -0.494 e. The highest BCUT2D eigenvalue weighted by molar-refractivity contribution is 6.77. The number of ketones is 1. The Morgan fingerprint density at radius 1 is 1.27 bits per heavy atom. The molecule has 0 saturated heterocycles. The summed E-state index contributed by atoms with van der Waals surface area (Å²) < 4.78 is 3.31. The standard InChI is InChI=1S/C10H9Cl3O2/c1-2-15-8-5-3-7(4-6-8)9(14)10(11,12)13/h3-6H,2H2,1H3. The van der Waals surface area contributed by atoms with E-state index in [1.165, 1.54) is 0 Å². The minimum absolute atomic E-state index is 0.346. The number of rotatable bonds is 3. The van der Waals surface area contributed by atoms with Crippen LogP contribution in [0.15, 0.2) is 24.3 Å². The van der Waals surface area contributed by atoms with Gasteiger partial charge in [0, 0.05) is 5.56 Å². The molecule has 82 valence electrons. The summed E-state index contributed by atoms with van der Waals surface area (Å²) in [5, 5.41) is 0. The zero-order valence-corrected chi connectivity index (χ0v) is 10.2. The van der Waals surface area contributed by atoms with Gasteiger partial charge in [0.25, 0.3) is 3.79 Å². The first-order chi connectivity index (χ1) is 6.95. The van der Waals surface area contributed by atoms with Crippen molar-refractivity contribution in [2.45, 2.75) is 10.7 Å². The molecule has 0 aromatic heterocycles. The van der Waals surface area contributed by atoms with E-state index in [1.54, 1.807) is 24.3 Å². The van der Waals surface area contributed by atoms with E-state index in [2.05, 4.69) is 0 Å². The maximum atomic E-state index is 11.5. The monoisotopic (exact) mass is 266 g/mol. The fraction of sp³-hybridized carbons (Fsp3) is 0.300. The molecule has 0 amide bonds. The summed E-state index contributed by atoms with van der Waals surface area (Å²) in [6.07, 6.45) is 0. The van der Waals surface area contributed by atoms with Gasteiger partial charge in [-0.15, -0.1) is 0 Å². The molecule has 0 aliphatic heterocycles. The van der Waals surface area contributed by atoms with E-state index in [1.807, 2.05) is 6.92 Å². The molecule has 0 aliphatic rings. The van der Waals surface area contributed by atoms with Gasteiger partial charge < -0.3 is 4.74 Å². The lowest BCUT2D eigenvalue weighted by molar-refractivity contribution is 0.0996. The van der Waals surface area contributed by atoms with E-state index < -0.39 is 9.58 Å². The zero-order valence-electron chi connectivity index (χ0n) is 7.97. The van der Waals surface area contributed by atoms with E-state index in [-0.39, 0.29) is 0 Å². The van der Waals surface area contributed by atoms with Crippen LogP contribution in [0.1, 0.15) is 17.3 Å². The maximum absolute atomic E-state index is 11.5. The Morgan fingerprint density at radius 3 is 2.20 bits per heavy atom. The highest BCUT2D eigenvalue weighted by Crippen LogP contribution is 2.30. The number of hydrogen-bond acceptors (Lipinski definition) is 2. The van der Waals surface area contributed by atoms with Crippen molar-refractivity contribution in [3.05, 3.63) is 29.8 Å². The lowest BCUT2D eigenvalue weighted by atomic mass is 10.1. The smallest absolute Gasteiger partial charge is 0.253 e. The topological polar surface area (TPSA) is 26.3 Å². The first kappa shape index (κ1) is 12.6. The molecule has 1 rings (SSSR count). The maximum Gasteiger partial charge on any atom is 0.253 e. The van der Waals surface area contributed by atoms with E-state index in [0.29, 0.717) is 17.9 Å². The molecule has 0 N–H and O–H groups in total. The number of carbonyl (C=O) groups excluding carboxylic acids is 1. The molecule has 1 aromatic carbocycles. The molecule has 0 heterocycles. The summed E-state index contributed by atoms with van der Waals surface area (Å²) in [6, 6.07) is 6.45. The van der Waals surface area contributed by atoms with E-state index >= 15 is 0 Å². The van der Waals surface area contributed by atoms with Crippen LogP contribution in [0.25, 0.3) is 0 Å². The SMILES string of the molecule is CCOc1ccc(C(=O)C(Cl)(Cl)Cl)cc1. The van der Waals surface area contributed by atoms with E-state index in [9.17, 15) is 4.79 Å². The quantitative estimate of drug-likeness (QED) is 0.617. The van der Waals surface area contributed by atoms with Crippen LogP contribution in [0, 0.1) is 0 Å². The molecule has 15 heavy (non-hydrogen) atoms. The van der Waals surface area contributed by atoms with Crippen molar-refractivity contribution >= 4 is 40.6 Å². The van der Waals surface area contributed by atoms with Crippen molar-refractivity contribution in [3.63, 3.8) is 0 Å². The first-order valence-electron chi connectivity index (χ1n) is 4.29. The van der Waals surface area contributed by atoms with Crippen molar-refractivity contribution in [1.29, 1.82) is 0 Å². The van der Waals surface area contributed by atoms with Crippen molar-refractivity contribution in [3.8, 4) is 5.75 Å². The fourth-order valence-corrected chi connectivity index (χ4v) is 1.36. The Hall–Kier alpha value is -0.440. The van der Waals surface area contributed by atoms with Crippen molar-refractivity contribution in [2.75, 3.05) is 6.61 Å². The molecule has 0 radical (unpaired) electrons. The molecule has 0 unspecified atom stereocenters. The number of halogens is 3. The number of ether oxygens (including phenoxy) is 1. The minimum atomic E-state index is -1.91. The Morgan fingerprint density at radius 2 is 1.80 bits per heavy atom. The molecule has 0 bridgehead atoms. The van der Waals surface area contributed by atoms with Crippen molar-refractivity contribution in [1.82, 2.24) is 0 Å². The van der Waals surface area contributed by atoms with Crippen LogP contribution >= 0.6 is 34.8 Å². The summed E-state index contributed by atoms with van der Waals surface area (Å²) in [5.74, 6) is 0.133. The van der Waals surface area contributed by atoms with Gasteiger partial charge in [-0.2, -0.15) is 0 Å². The molecule has 0 saturated carbocycles. The summed E-state index contributed by atoms with van der Waals surface area (Å²) in [7, 11) is 0. The van der Waals surface area contributed by atoms with Crippen LogP contribution in [-0.4, -0.2) is 16.2 Å². The molecule has 0 spiro atoms. The Kier molecular flexibility index (Phi) is 4.26. The average molecular weight is 268 g/mol. The summed E-state index contributed by atoms with van der Waals surface area (Å²) in [4.78, 5) is 11.5. The van der Waals surface area contributed by atoms with Gasteiger partial charge in [0.2, 0.25) is 5.78 Å². The highest BCUT2D eigenvalue weighted by Gasteiger charge is 2.31. The Labute approximate surface area is 103 Å². The van der Waals surface area contributed by atoms with Crippen LogP contribution in [0.5, 0.6) is 5.75 Å². The van der Waals surface area contributed by atoms with Gasteiger partial charge in [0.05, 0.1) is 6.61 Å². The summed E-state index contributed by atoms with van der Waals surface area (Å²) >= 11 is 16.4. The Bertz CT molecular complexity index is 341. The molecule has 1 aromatic rings. The first-order valence-corrected chi connectivity index (χ1v) is 5.43. The second-order valence-electron chi connectivity index (χ2n) is 2.78. The van der Waals surface area contributed by atoms with Crippen LogP contribution in [0.3, 0.4) is 0 Å². The van der Waals surface area contributed by atoms with Crippen LogP contribution in [0.4, 0.5) is 0 Å². The van der Waals surface area contributed by atoms with Crippen LogP contribution < -0.4 is 4.74 Å². The largest absolute Gasteiger partial charge is 0.494 e. The number of alkyl halides is 3. The molecular weight excluding hydrogens is 258 g/mol. The average Bonchev–Trinajstić information content (AvgIpc) is 2.17. The van der Waals surface area contributed by atoms with Crippen LogP contribution in [0.2, 0.25) is 0 Å². The summed E-state index contributed by atoms with van der Waals surface area (Å²) in [6.45, 7) is 2.44. The number of hydrogen-bond donors (Lipinski definition) is 0. The number of carbonyl (C=O) groups is 1. The van der Waals surface area contributed by atoms with Gasteiger partial charge in [0.15, 0.2) is 0 Å². The number of Topliss-reactive ketones (excluding diaryl/α,β-unsaturated/α-hetero) is 1. The van der Waals surface area contributed by atoms with Crippen molar-refractivity contribution in [2.24, 2.45) is 0 Å². The van der Waals surface area contributed by atoms with E-state index in [4.69, 9.17) is 39.5 Å². The van der Waals surface area contributed by atoms with E-state index in [0.717, 1.165) is 0 Å². The Balaban J connectivity index is 2.85. The molecule has 0 atom stereocenters. The highest BCUT2D eigenvalue weighted by atomic mass is 35.6. The molecule has 0 aliphatic carbocycles. The predicted molar refractivity (Wildman–Crippen MR) is 62.2 cm³/mol. The number of benzene rings is 1. The second-order valence-corrected chi connectivity index (χ2v) is 5.07. The van der Waals surface area contributed by atoms with Gasteiger partial charge >= 0.3 is 0 Å². The predicted octanol–water partition coefficient (Wildman–Crippen LogP) is 3.64. The second kappa shape index (κ2) is 5.06. The molecule has 5 heteroatoms. The third-order valence-electron chi connectivity index (χ3n) is 1.68. The fourth-order valence-electron chi connectivity index (χ4n) is 1.03. The van der Waals surface area contributed by atoms with Crippen LogP contribution in [-0.2, 0) is 0 Å². The molecular formula is C10H9Cl3O2. The van der Waals surface area contributed by atoms with Gasteiger partial charge in [-0.05, 0) is 31.2 Å². The third-order valence-corrected chi connectivity index (χ3v) is 2.20. The lowest BCUT2D eigenvalue weighted by Gasteiger charge is -2.09. The summed E-state index contributed by atoms with van der Waals surface area (Å²) in [5.41, 5.74) is 0.346. The van der Waals surface area contributed by atoms with Gasteiger partial charge in [0.1, 0.15) is 5.75 Å². The molecule has 2 nitrogen and oxygen atoms in total. The lowest BCUT2D eigenvalue weighted by Crippen LogP contribution is -2.18. The zero-order chi connectivity index (χ0) is 11.5. The van der Waals surface area contributed by atoms with Gasteiger partial charge in [-0.3, -0.25) is 4.79 Å². The van der Waals surface area contributed by atoms with Crippen molar-refractivity contribution < 1.29 is 9.53 Å². The molecule has 0 fully saturated rings. The van der Waals surface area contributed by atoms with Gasteiger partial charge in [-0.25, -0.2) is 0 Å².